The van der Waals surface area contributed by atoms with Crippen LogP contribution in [0.15, 0.2) is 12.1 Å². The van der Waals surface area contributed by atoms with E-state index in [-0.39, 0.29) is 18.4 Å². The van der Waals surface area contributed by atoms with Crippen molar-refractivity contribution < 1.29 is 22.3 Å². The predicted octanol–water partition coefficient (Wildman–Crippen LogP) is 2.36. The molecule has 1 heterocycles. The Morgan fingerprint density at radius 1 is 1.40 bits per heavy atom. The molecule has 1 aromatic rings. The zero-order valence-electron chi connectivity index (χ0n) is 11.2. The van der Waals surface area contributed by atoms with Crippen LogP contribution >= 0.6 is 11.8 Å². The van der Waals surface area contributed by atoms with Crippen molar-refractivity contribution in [1.29, 1.82) is 0 Å². The minimum atomic E-state index is -2.90. The van der Waals surface area contributed by atoms with E-state index in [1.54, 1.807) is 11.8 Å². The summed E-state index contributed by atoms with van der Waals surface area (Å²) < 4.78 is 46.0. The maximum atomic E-state index is 13.5. The number of hydrogen-bond acceptors (Lipinski definition) is 5. The Labute approximate surface area is 122 Å². The van der Waals surface area contributed by atoms with E-state index >= 15 is 0 Å². The lowest BCUT2D eigenvalue weighted by molar-refractivity contribution is -0.0171. The molecule has 0 bridgehead atoms. The third kappa shape index (κ3) is 4.64. The van der Waals surface area contributed by atoms with Crippen molar-refractivity contribution in [3.63, 3.8) is 0 Å². The van der Waals surface area contributed by atoms with Crippen LogP contribution in [-0.4, -0.2) is 33.0 Å². The smallest absolute Gasteiger partial charge is 0.189 e. The first-order chi connectivity index (χ1) is 9.46. The van der Waals surface area contributed by atoms with E-state index in [1.807, 2.05) is 0 Å². The quantitative estimate of drug-likeness (QED) is 0.753. The summed E-state index contributed by atoms with van der Waals surface area (Å²) in [5.74, 6) is 1.91. The molecule has 2 rings (SSSR count). The van der Waals surface area contributed by atoms with Crippen LogP contribution in [0, 0.1) is 5.82 Å². The molecule has 0 amide bonds. The van der Waals surface area contributed by atoms with Crippen LogP contribution in [0.3, 0.4) is 0 Å². The topological polar surface area (TPSA) is 52.6 Å². The summed E-state index contributed by atoms with van der Waals surface area (Å²) in [4.78, 5) is 0. The summed E-state index contributed by atoms with van der Waals surface area (Å²) in [6.07, 6.45) is 1.83. The third-order valence-electron chi connectivity index (χ3n) is 2.81. The number of fused-ring (bicyclic) bond motifs is 1. The van der Waals surface area contributed by atoms with Gasteiger partial charge in [-0.1, -0.05) is 0 Å². The van der Waals surface area contributed by atoms with Gasteiger partial charge in [0.25, 0.3) is 0 Å². The molecule has 20 heavy (non-hydrogen) atoms. The largest absolute Gasteiger partial charge is 0.467 e. The average molecular weight is 320 g/mol. The van der Waals surface area contributed by atoms with Crippen LogP contribution in [-0.2, 0) is 26.9 Å². The molecule has 0 atom stereocenters. The molecule has 7 heteroatoms. The van der Waals surface area contributed by atoms with Gasteiger partial charge in [0.05, 0.1) is 12.4 Å². The fourth-order valence-corrected chi connectivity index (χ4v) is 3.75. The molecular formula is C13H17FO4S2. The van der Waals surface area contributed by atoms with E-state index in [9.17, 15) is 12.8 Å². The first kappa shape index (κ1) is 15.6. The van der Waals surface area contributed by atoms with Gasteiger partial charge in [0.2, 0.25) is 0 Å². The summed E-state index contributed by atoms with van der Waals surface area (Å²) in [6.45, 7) is 0.545. The zero-order chi connectivity index (χ0) is 14.6. The highest BCUT2D eigenvalue weighted by Crippen LogP contribution is 2.32. The van der Waals surface area contributed by atoms with Gasteiger partial charge < -0.3 is 9.47 Å². The number of halogens is 1. The Balaban J connectivity index is 1.91. The third-order valence-corrected chi connectivity index (χ3v) is 4.94. The van der Waals surface area contributed by atoms with Crippen LogP contribution in [0.1, 0.15) is 17.5 Å². The van der Waals surface area contributed by atoms with Gasteiger partial charge in [0.1, 0.15) is 21.4 Å². The maximum absolute atomic E-state index is 13.5. The number of thioether (sulfide) groups is 1. The zero-order valence-corrected chi connectivity index (χ0v) is 12.9. The molecule has 112 valence electrons. The van der Waals surface area contributed by atoms with Gasteiger partial charge >= 0.3 is 0 Å². The van der Waals surface area contributed by atoms with Crippen LogP contribution < -0.4 is 4.74 Å². The molecule has 4 nitrogen and oxygen atoms in total. The second-order valence-electron chi connectivity index (χ2n) is 4.70. The van der Waals surface area contributed by atoms with Crippen molar-refractivity contribution in [3.05, 3.63) is 29.1 Å². The Hall–Kier alpha value is -0.790. The highest BCUT2D eigenvalue weighted by molar-refractivity contribution is 7.98. The molecule has 1 aliphatic heterocycles. The van der Waals surface area contributed by atoms with Gasteiger partial charge in [-0.25, -0.2) is 12.8 Å². The average Bonchev–Trinajstić information content (AvgIpc) is 2.36. The molecule has 0 aromatic heterocycles. The molecule has 0 radical (unpaired) electrons. The van der Waals surface area contributed by atoms with Crippen molar-refractivity contribution >= 4 is 21.6 Å². The van der Waals surface area contributed by atoms with Gasteiger partial charge in [-0.2, -0.15) is 11.8 Å². The molecule has 0 aliphatic carbocycles. The predicted molar refractivity (Wildman–Crippen MR) is 77.2 cm³/mol. The normalized spacial score (nSPS) is 14.7. The van der Waals surface area contributed by atoms with Crippen molar-refractivity contribution in [2.24, 2.45) is 0 Å². The minimum absolute atomic E-state index is 0.185. The molecule has 0 saturated heterocycles. The summed E-state index contributed by atoms with van der Waals surface area (Å²) in [5, 5.41) is 0. The van der Waals surface area contributed by atoms with Crippen molar-refractivity contribution in [2.75, 3.05) is 24.6 Å². The molecule has 0 fully saturated rings. The van der Waals surface area contributed by atoms with E-state index in [0.29, 0.717) is 24.5 Å². The lowest BCUT2D eigenvalue weighted by Crippen LogP contribution is -2.13. The van der Waals surface area contributed by atoms with Gasteiger partial charge in [0.15, 0.2) is 6.79 Å². The number of hydrogen-bond donors (Lipinski definition) is 0. The first-order valence-electron chi connectivity index (χ1n) is 6.23. The van der Waals surface area contributed by atoms with Crippen LogP contribution in [0.25, 0.3) is 0 Å². The maximum Gasteiger partial charge on any atom is 0.189 e. The number of ether oxygens (including phenoxy) is 2. The SMILES string of the molecule is CS(=O)(=O)CCCSCc1cc(F)cc2c1OCOC2. The van der Waals surface area contributed by atoms with E-state index in [4.69, 9.17) is 9.47 Å². The molecule has 0 unspecified atom stereocenters. The highest BCUT2D eigenvalue weighted by atomic mass is 32.2. The highest BCUT2D eigenvalue weighted by Gasteiger charge is 2.16. The second kappa shape index (κ2) is 6.78. The van der Waals surface area contributed by atoms with E-state index < -0.39 is 9.84 Å². The Morgan fingerprint density at radius 2 is 2.20 bits per heavy atom. The Kier molecular flexibility index (Phi) is 5.29. The number of rotatable bonds is 6. The Bertz CT molecular complexity index is 572. The van der Waals surface area contributed by atoms with E-state index in [1.165, 1.54) is 18.4 Å². The van der Waals surface area contributed by atoms with Crippen molar-refractivity contribution in [1.82, 2.24) is 0 Å². The second-order valence-corrected chi connectivity index (χ2v) is 8.06. The molecule has 1 aliphatic rings. The summed E-state index contributed by atoms with van der Waals surface area (Å²) in [5.41, 5.74) is 1.52. The summed E-state index contributed by atoms with van der Waals surface area (Å²) in [6, 6.07) is 2.89. The van der Waals surface area contributed by atoms with Crippen molar-refractivity contribution in [3.8, 4) is 5.75 Å². The molecule has 0 spiro atoms. The lowest BCUT2D eigenvalue weighted by atomic mass is 10.1. The summed E-state index contributed by atoms with van der Waals surface area (Å²) in [7, 11) is -2.90. The van der Waals surface area contributed by atoms with Crippen LogP contribution in [0.4, 0.5) is 4.39 Å². The fraction of sp³-hybridized carbons (Fsp3) is 0.538. The van der Waals surface area contributed by atoms with Gasteiger partial charge in [-0.3, -0.25) is 0 Å². The monoisotopic (exact) mass is 320 g/mol. The molecule has 1 aromatic carbocycles. The fourth-order valence-electron chi connectivity index (χ4n) is 1.97. The minimum Gasteiger partial charge on any atom is -0.467 e. The van der Waals surface area contributed by atoms with Gasteiger partial charge in [0, 0.05) is 23.1 Å². The van der Waals surface area contributed by atoms with E-state index in [2.05, 4.69) is 0 Å². The Morgan fingerprint density at radius 3 is 2.95 bits per heavy atom. The van der Waals surface area contributed by atoms with Crippen LogP contribution in [0.2, 0.25) is 0 Å². The molecule has 0 N–H and O–H groups in total. The number of benzene rings is 1. The first-order valence-corrected chi connectivity index (χ1v) is 9.44. The number of sulfone groups is 1. The van der Waals surface area contributed by atoms with Crippen molar-refractivity contribution in [2.45, 2.75) is 18.8 Å². The lowest BCUT2D eigenvalue weighted by Gasteiger charge is -2.20. The molecule has 0 saturated carbocycles. The standard InChI is InChI=1S/C13H17FO4S2/c1-20(15,16)4-2-3-19-8-11-6-12(14)5-10-7-17-9-18-13(10)11/h5-6H,2-4,7-9H2,1H3. The van der Waals surface area contributed by atoms with E-state index in [0.717, 1.165) is 16.9 Å². The summed E-state index contributed by atoms with van der Waals surface area (Å²) >= 11 is 1.58. The van der Waals surface area contributed by atoms with Gasteiger partial charge in [-0.15, -0.1) is 0 Å². The van der Waals surface area contributed by atoms with Gasteiger partial charge in [-0.05, 0) is 24.3 Å². The van der Waals surface area contributed by atoms with Crippen LogP contribution in [0.5, 0.6) is 5.75 Å². The molecular weight excluding hydrogens is 303 g/mol.